The summed E-state index contributed by atoms with van der Waals surface area (Å²) in [6.07, 6.45) is 8.57. The number of rotatable bonds is 9. The molecule has 3 aromatic rings. The maximum atomic E-state index is 14.9. The highest BCUT2D eigenvalue weighted by atomic mass is 32.2. The second kappa shape index (κ2) is 12.5. The third-order valence-electron chi connectivity index (χ3n) is 11.8. The second-order valence-corrected chi connectivity index (χ2v) is 17.2. The van der Waals surface area contributed by atoms with Crippen molar-refractivity contribution in [1.82, 2.24) is 19.1 Å². The molecule has 1 aromatic heterocycles. The van der Waals surface area contributed by atoms with Crippen LogP contribution in [-0.4, -0.2) is 79.7 Å². The second-order valence-electron chi connectivity index (χ2n) is 15.0. The van der Waals surface area contributed by atoms with E-state index >= 15 is 0 Å². The fourth-order valence-corrected chi connectivity index (χ4v) is 9.41. The average molecular weight is 675 g/mol. The number of amides is 2. The summed E-state index contributed by atoms with van der Waals surface area (Å²) in [6.45, 7) is 8.38. The Morgan fingerprint density at radius 3 is 2.54 bits per heavy atom. The molecule has 9 nitrogen and oxygen atoms in total. The monoisotopic (exact) mass is 674 g/mol. The van der Waals surface area contributed by atoms with E-state index in [1.165, 1.54) is 30.4 Å². The van der Waals surface area contributed by atoms with Crippen LogP contribution in [0.5, 0.6) is 5.75 Å². The molecule has 48 heavy (non-hydrogen) atoms. The molecule has 10 heteroatoms. The molecule has 7 rings (SSSR count). The Morgan fingerprint density at radius 2 is 1.83 bits per heavy atom. The van der Waals surface area contributed by atoms with Crippen molar-refractivity contribution in [3.63, 3.8) is 0 Å². The van der Waals surface area contributed by atoms with Crippen molar-refractivity contribution in [2.24, 2.45) is 5.41 Å². The number of sulfonamides is 1. The van der Waals surface area contributed by atoms with Crippen LogP contribution in [0, 0.1) is 5.41 Å². The largest absolute Gasteiger partial charge is 0.497 e. The van der Waals surface area contributed by atoms with E-state index < -0.39 is 26.6 Å². The number of carbonyl (C=O) groups excluding carboxylic acids is 2. The van der Waals surface area contributed by atoms with Gasteiger partial charge in [-0.3, -0.25) is 9.59 Å². The van der Waals surface area contributed by atoms with Crippen LogP contribution in [-0.2, 0) is 21.4 Å². The van der Waals surface area contributed by atoms with Gasteiger partial charge in [-0.1, -0.05) is 32.3 Å². The number of aromatic nitrogens is 1. The first-order valence-electron chi connectivity index (χ1n) is 17.9. The molecule has 3 heterocycles. The van der Waals surface area contributed by atoms with Crippen molar-refractivity contribution >= 4 is 32.7 Å². The number of methoxy groups -OCH3 is 1. The highest BCUT2D eigenvalue weighted by Gasteiger charge is 2.64. The number of carbonyl (C=O) groups is 2. The number of nitrogens with zero attached hydrogens (tertiary/aromatic N) is 3. The van der Waals surface area contributed by atoms with Gasteiger partial charge in [-0.15, -0.1) is 0 Å². The highest BCUT2D eigenvalue weighted by molar-refractivity contribution is 7.90. The van der Waals surface area contributed by atoms with Crippen LogP contribution in [0.1, 0.15) is 105 Å². The van der Waals surface area contributed by atoms with E-state index in [0.717, 1.165) is 79.6 Å². The molecule has 4 aliphatic rings. The summed E-state index contributed by atoms with van der Waals surface area (Å²) in [7, 11) is 0.0162. The molecule has 1 unspecified atom stereocenters. The summed E-state index contributed by atoms with van der Waals surface area (Å²) in [5, 5.41) is 0.359. The molecule has 3 fully saturated rings. The number of likely N-dealkylation sites (tertiary alicyclic amines) is 1. The molecule has 258 valence electrons. The lowest BCUT2D eigenvalue weighted by Gasteiger charge is -2.32. The van der Waals surface area contributed by atoms with E-state index in [2.05, 4.69) is 45.2 Å². The van der Waals surface area contributed by atoms with Crippen molar-refractivity contribution in [3.05, 3.63) is 53.1 Å². The fraction of sp³-hybridized carbons (Fsp3) is 0.579. The van der Waals surface area contributed by atoms with Crippen LogP contribution in [0.4, 0.5) is 0 Å². The van der Waals surface area contributed by atoms with Gasteiger partial charge in [-0.05, 0) is 107 Å². The zero-order chi connectivity index (χ0) is 34.0. The van der Waals surface area contributed by atoms with Gasteiger partial charge >= 0.3 is 0 Å². The number of hydrogen-bond donors (Lipinski definition) is 1. The quantitative estimate of drug-likeness (QED) is 0.288. The van der Waals surface area contributed by atoms with Gasteiger partial charge < -0.3 is 19.1 Å². The average Bonchev–Trinajstić information content (AvgIpc) is 3.52. The first-order chi connectivity index (χ1) is 23.0. The third-order valence-corrected chi connectivity index (χ3v) is 13.5. The summed E-state index contributed by atoms with van der Waals surface area (Å²) in [4.78, 5) is 32.8. The summed E-state index contributed by atoms with van der Waals surface area (Å²) in [6, 6.07) is 12.2. The first kappa shape index (κ1) is 33.1. The molecule has 1 saturated heterocycles. The van der Waals surface area contributed by atoms with Crippen molar-refractivity contribution in [2.45, 2.75) is 102 Å². The predicted molar refractivity (Wildman–Crippen MR) is 189 cm³/mol. The Bertz CT molecular complexity index is 1860. The van der Waals surface area contributed by atoms with E-state index in [1.54, 1.807) is 27.0 Å². The first-order valence-corrected chi connectivity index (χ1v) is 19.4. The Morgan fingerprint density at radius 1 is 1.06 bits per heavy atom. The maximum absolute atomic E-state index is 14.9. The van der Waals surface area contributed by atoms with Crippen LogP contribution < -0.4 is 9.46 Å². The number of ether oxygens (including phenoxy) is 1. The minimum absolute atomic E-state index is 0.0667. The number of hydrogen-bond acceptors (Lipinski definition) is 6. The van der Waals surface area contributed by atoms with Crippen molar-refractivity contribution in [3.8, 4) is 17.0 Å². The molecule has 2 saturated carbocycles. The molecule has 2 aliphatic carbocycles. The van der Waals surface area contributed by atoms with Crippen molar-refractivity contribution in [1.29, 1.82) is 0 Å². The Labute approximate surface area is 285 Å². The molecule has 3 atom stereocenters. The normalized spacial score (nSPS) is 23.9. The van der Waals surface area contributed by atoms with Crippen LogP contribution in [0.25, 0.3) is 22.2 Å². The SMILES string of the molecule is CCN(C)CC1CCCN1C(=O)[C@]12C[C@H]1c1cc(OC)ccc1-c1c(C3CCCCC3)c3ccc(C(=O)NS(=O)(=O)C(C)C)cc3n1C2. The molecule has 0 radical (unpaired) electrons. The van der Waals surface area contributed by atoms with E-state index in [1.807, 2.05) is 18.2 Å². The number of benzene rings is 2. The van der Waals surface area contributed by atoms with Gasteiger partial charge in [0.15, 0.2) is 0 Å². The van der Waals surface area contributed by atoms with Gasteiger partial charge in [0.1, 0.15) is 5.75 Å². The molecule has 0 bridgehead atoms. The minimum Gasteiger partial charge on any atom is -0.497 e. The standard InChI is InChI=1S/C38H50N4O5S/c1-6-40(4)22-27-13-10-18-41(27)37(44)38-21-32(38)31-20-28(47-5)15-17-29(31)35-34(25-11-8-7-9-12-25)30-16-14-26(19-33(30)42(35)23-38)36(43)39-48(45,46)24(2)3/h14-17,19-20,24-25,27,32H,6-13,18,21-23H2,1-5H3,(H,39,43)/t27?,32-,38-/m0/s1. The van der Waals surface area contributed by atoms with Crippen LogP contribution in [0.2, 0.25) is 0 Å². The summed E-state index contributed by atoms with van der Waals surface area (Å²) in [5.74, 6) is 0.826. The summed E-state index contributed by atoms with van der Waals surface area (Å²) >= 11 is 0. The van der Waals surface area contributed by atoms with Gasteiger partial charge in [0.05, 0.1) is 23.5 Å². The lowest BCUT2D eigenvalue weighted by Crippen LogP contribution is -2.46. The summed E-state index contributed by atoms with van der Waals surface area (Å²) < 4.78 is 35.7. The summed E-state index contributed by atoms with van der Waals surface area (Å²) in [5.41, 5.74) is 5.34. The number of fused-ring (bicyclic) bond motifs is 7. The molecular weight excluding hydrogens is 625 g/mol. The Hall–Kier alpha value is -3.37. The fourth-order valence-electron chi connectivity index (χ4n) is 8.80. The van der Waals surface area contributed by atoms with E-state index in [9.17, 15) is 18.0 Å². The van der Waals surface area contributed by atoms with Gasteiger partial charge in [0, 0.05) is 53.6 Å². The number of nitrogens with one attached hydrogen (secondary N) is 1. The lowest BCUT2D eigenvalue weighted by molar-refractivity contribution is -0.138. The smallest absolute Gasteiger partial charge is 0.264 e. The van der Waals surface area contributed by atoms with E-state index in [4.69, 9.17) is 4.74 Å². The minimum atomic E-state index is -3.80. The topological polar surface area (TPSA) is 101 Å². The maximum Gasteiger partial charge on any atom is 0.264 e. The zero-order valence-electron chi connectivity index (χ0n) is 29.0. The molecular formula is C38H50N4O5S. The predicted octanol–water partition coefficient (Wildman–Crippen LogP) is 6.26. The van der Waals surface area contributed by atoms with Crippen LogP contribution in [0.3, 0.4) is 0 Å². The van der Waals surface area contributed by atoms with Gasteiger partial charge in [-0.25, -0.2) is 13.1 Å². The van der Waals surface area contributed by atoms with Gasteiger partial charge in [0.2, 0.25) is 15.9 Å². The Kier molecular flexibility index (Phi) is 8.63. The molecule has 2 aliphatic heterocycles. The van der Waals surface area contributed by atoms with Crippen molar-refractivity contribution in [2.75, 3.05) is 33.8 Å². The third kappa shape index (κ3) is 5.53. The molecule has 1 N–H and O–H groups in total. The zero-order valence-corrected chi connectivity index (χ0v) is 29.9. The van der Waals surface area contributed by atoms with Crippen LogP contribution >= 0.6 is 0 Å². The number of likely N-dealkylation sites (N-methyl/N-ethyl adjacent to an activating group) is 1. The van der Waals surface area contributed by atoms with Crippen molar-refractivity contribution < 1.29 is 22.7 Å². The van der Waals surface area contributed by atoms with Crippen LogP contribution in [0.15, 0.2) is 36.4 Å². The Balaban J connectivity index is 1.41. The molecule has 0 spiro atoms. The van der Waals surface area contributed by atoms with E-state index in [-0.39, 0.29) is 17.9 Å². The lowest BCUT2D eigenvalue weighted by atomic mass is 9.81. The highest BCUT2D eigenvalue weighted by Crippen LogP contribution is 2.66. The van der Waals surface area contributed by atoms with E-state index in [0.29, 0.717) is 18.0 Å². The van der Waals surface area contributed by atoms with Gasteiger partial charge in [0.25, 0.3) is 5.91 Å². The van der Waals surface area contributed by atoms with Gasteiger partial charge in [-0.2, -0.15) is 0 Å². The molecule has 2 aromatic carbocycles. The molecule has 2 amide bonds.